The number of hydrogen-bond acceptors (Lipinski definition) is 4. The lowest BCUT2D eigenvalue weighted by Gasteiger charge is -2.13. The summed E-state index contributed by atoms with van der Waals surface area (Å²) in [7, 11) is 0. The predicted octanol–water partition coefficient (Wildman–Crippen LogP) is 2.69. The number of nitrogens with zero attached hydrogens (tertiary/aromatic N) is 3. The van der Waals surface area contributed by atoms with Crippen molar-refractivity contribution in [3.63, 3.8) is 0 Å². The Morgan fingerprint density at radius 2 is 1.93 bits per heavy atom. The van der Waals surface area contributed by atoms with E-state index in [9.17, 15) is 9.59 Å². The molecule has 1 saturated heterocycles. The largest absolute Gasteiger partial charge is 0.354 e. The number of hydrogen-bond donors (Lipinski definition) is 1. The van der Waals surface area contributed by atoms with Crippen LogP contribution in [-0.2, 0) is 17.8 Å². The van der Waals surface area contributed by atoms with Crippen LogP contribution in [0.25, 0.3) is 10.9 Å². The zero-order valence-corrected chi connectivity index (χ0v) is 15.9. The average molecular weight is 382 g/mol. The molecule has 1 aromatic carbocycles. The first kappa shape index (κ1) is 17.7. The second kappa shape index (κ2) is 7.92. The van der Waals surface area contributed by atoms with Crippen molar-refractivity contribution in [3.05, 3.63) is 52.3 Å². The first-order valence-corrected chi connectivity index (χ1v) is 10.1. The highest BCUT2D eigenvalue weighted by atomic mass is 32.1. The molecule has 6 nitrogen and oxygen atoms in total. The standard InChI is InChI=1S/C20H22N4O2S/c25-18(21-10-9-15-6-5-13-27-15)14-24-17-8-2-1-7-16(17)19(22-24)20(26)23-11-3-4-12-23/h1-2,5-8,13H,3-4,9-12,14H2,(H,21,25). The molecule has 0 atom stereocenters. The van der Waals surface area contributed by atoms with Crippen LogP contribution in [0.1, 0.15) is 28.2 Å². The van der Waals surface area contributed by atoms with Crippen LogP contribution < -0.4 is 5.32 Å². The molecule has 0 radical (unpaired) electrons. The van der Waals surface area contributed by atoms with Crippen molar-refractivity contribution >= 4 is 34.1 Å². The molecule has 1 fully saturated rings. The molecule has 1 aliphatic rings. The number of benzene rings is 1. The third-order valence-corrected chi connectivity index (χ3v) is 5.76. The van der Waals surface area contributed by atoms with Crippen molar-refractivity contribution in [1.82, 2.24) is 20.0 Å². The number of para-hydroxylation sites is 1. The van der Waals surface area contributed by atoms with Crippen LogP contribution in [0, 0.1) is 0 Å². The molecule has 0 spiro atoms. The van der Waals surface area contributed by atoms with Gasteiger partial charge in [-0.25, -0.2) is 0 Å². The fourth-order valence-electron chi connectivity index (χ4n) is 3.45. The summed E-state index contributed by atoms with van der Waals surface area (Å²) in [6.07, 6.45) is 2.90. The number of nitrogens with one attached hydrogen (secondary N) is 1. The number of aromatic nitrogens is 2. The van der Waals surface area contributed by atoms with E-state index < -0.39 is 0 Å². The van der Waals surface area contributed by atoms with E-state index in [1.807, 2.05) is 40.6 Å². The smallest absolute Gasteiger partial charge is 0.275 e. The summed E-state index contributed by atoms with van der Waals surface area (Å²) in [5, 5.41) is 10.3. The van der Waals surface area contributed by atoms with Gasteiger partial charge < -0.3 is 10.2 Å². The number of thiophene rings is 1. The van der Waals surface area contributed by atoms with E-state index in [1.165, 1.54) is 4.88 Å². The van der Waals surface area contributed by atoms with Crippen LogP contribution in [0.4, 0.5) is 0 Å². The summed E-state index contributed by atoms with van der Waals surface area (Å²) >= 11 is 1.69. The van der Waals surface area contributed by atoms with E-state index in [0.29, 0.717) is 12.2 Å². The van der Waals surface area contributed by atoms with E-state index in [4.69, 9.17) is 0 Å². The Balaban J connectivity index is 1.48. The molecular formula is C20H22N4O2S. The molecule has 140 valence electrons. The molecule has 1 aliphatic heterocycles. The average Bonchev–Trinajstić information content (AvgIpc) is 3.43. The van der Waals surface area contributed by atoms with Gasteiger partial charge in [0.15, 0.2) is 5.69 Å². The third-order valence-electron chi connectivity index (χ3n) is 4.82. The highest BCUT2D eigenvalue weighted by Gasteiger charge is 2.25. The Hall–Kier alpha value is -2.67. The van der Waals surface area contributed by atoms with Gasteiger partial charge in [0.05, 0.1) is 5.52 Å². The lowest BCUT2D eigenvalue weighted by atomic mass is 10.2. The lowest BCUT2D eigenvalue weighted by molar-refractivity contribution is -0.121. The molecule has 0 bridgehead atoms. The van der Waals surface area contributed by atoms with Crippen LogP contribution in [-0.4, -0.2) is 46.1 Å². The van der Waals surface area contributed by atoms with Gasteiger partial charge in [-0.15, -0.1) is 11.3 Å². The van der Waals surface area contributed by atoms with Crippen molar-refractivity contribution in [2.24, 2.45) is 0 Å². The fourth-order valence-corrected chi connectivity index (χ4v) is 4.16. The topological polar surface area (TPSA) is 67.2 Å². The highest BCUT2D eigenvalue weighted by molar-refractivity contribution is 7.09. The molecule has 0 unspecified atom stereocenters. The van der Waals surface area contributed by atoms with E-state index >= 15 is 0 Å². The summed E-state index contributed by atoms with van der Waals surface area (Å²) in [4.78, 5) is 28.3. The van der Waals surface area contributed by atoms with E-state index in [2.05, 4.69) is 16.5 Å². The summed E-state index contributed by atoms with van der Waals surface area (Å²) in [6.45, 7) is 2.27. The maximum atomic E-state index is 12.8. The van der Waals surface area contributed by atoms with Crippen LogP contribution in [0.15, 0.2) is 41.8 Å². The fraction of sp³-hybridized carbons (Fsp3) is 0.350. The number of carbonyl (C=O) groups excluding carboxylic acids is 2. The Morgan fingerprint density at radius 3 is 2.70 bits per heavy atom. The van der Waals surface area contributed by atoms with Gasteiger partial charge in [0.25, 0.3) is 5.91 Å². The first-order chi connectivity index (χ1) is 13.2. The van der Waals surface area contributed by atoms with Crippen molar-refractivity contribution in [2.45, 2.75) is 25.8 Å². The number of carbonyl (C=O) groups is 2. The molecule has 3 heterocycles. The van der Waals surface area contributed by atoms with Crippen LogP contribution in [0.3, 0.4) is 0 Å². The zero-order chi connectivity index (χ0) is 18.6. The summed E-state index contributed by atoms with van der Waals surface area (Å²) in [5.41, 5.74) is 1.26. The molecule has 0 aliphatic carbocycles. The number of rotatable bonds is 6. The van der Waals surface area contributed by atoms with Crippen LogP contribution in [0.5, 0.6) is 0 Å². The van der Waals surface area contributed by atoms with Gasteiger partial charge in [0.1, 0.15) is 6.54 Å². The Kier molecular flexibility index (Phi) is 5.20. The summed E-state index contributed by atoms with van der Waals surface area (Å²) < 4.78 is 1.64. The van der Waals surface area contributed by atoms with E-state index in [1.54, 1.807) is 16.0 Å². The first-order valence-electron chi connectivity index (χ1n) is 9.26. The Morgan fingerprint density at radius 1 is 1.11 bits per heavy atom. The summed E-state index contributed by atoms with van der Waals surface area (Å²) in [6, 6.07) is 11.7. The maximum absolute atomic E-state index is 12.8. The quantitative estimate of drug-likeness (QED) is 0.713. The highest BCUT2D eigenvalue weighted by Crippen LogP contribution is 2.21. The number of likely N-dealkylation sites (tertiary alicyclic amines) is 1. The van der Waals surface area contributed by atoms with E-state index in [-0.39, 0.29) is 18.4 Å². The molecule has 2 amide bonds. The molecule has 7 heteroatoms. The Bertz CT molecular complexity index is 942. The number of fused-ring (bicyclic) bond motifs is 1. The van der Waals surface area contributed by atoms with Crippen LogP contribution in [0.2, 0.25) is 0 Å². The predicted molar refractivity (Wildman–Crippen MR) is 106 cm³/mol. The molecule has 1 N–H and O–H groups in total. The minimum atomic E-state index is -0.0972. The molecule has 4 rings (SSSR count). The van der Waals surface area contributed by atoms with Gasteiger partial charge in [0, 0.05) is 29.9 Å². The van der Waals surface area contributed by atoms with Gasteiger partial charge in [-0.3, -0.25) is 14.3 Å². The van der Waals surface area contributed by atoms with E-state index in [0.717, 1.165) is 43.3 Å². The van der Waals surface area contributed by atoms with Crippen LogP contribution >= 0.6 is 11.3 Å². The van der Waals surface area contributed by atoms with Gasteiger partial charge in [-0.2, -0.15) is 5.10 Å². The monoisotopic (exact) mass is 382 g/mol. The zero-order valence-electron chi connectivity index (χ0n) is 15.1. The maximum Gasteiger partial charge on any atom is 0.275 e. The number of amides is 2. The van der Waals surface area contributed by atoms with Crippen molar-refractivity contribution in [3.8, 4) is 0 Å². The van der Waals surface area contributed by atoms with Gasteiger partial charge >= 0.3 is 0 Å². The van der Waals surface area contributed by atoms with Crippen molar-refractivity contribution in [1.29, 1.82) is 0 Å². The van der Waals surface area contributed by atoms with Gasteiger partial charge in [-0.1, -0.05) is 24.3 Å². The second-order valence-electron chi connectivity index (χ2n) is 6.70. The molecule has 27 heavy (non-hydrogen) atoms. The van der Waals surface area contributed by atoms with Gasteiger partial charge in [-0.05, 0) is 36.8 Å². The second-order valence-corrected chi connectivity index (χ2v) is 7.73. The van der Waals surface area contributed by atoms with Gasteiger partial charge in [0.2, 0.25) is 5.91 Å². The normalized spacial score (nSPS) is 14.0. The Labute approximate surface area is 161 Å². The molecule has 2 aromatic heterocycles. The summed E-state index contributed by atoms with van der Waals surface area (Å²) in [5.74, 6) is -0.138. The molecular weight excluding hydrogens is 360 g/mol. The van der Waals surface area contributed by atoms with Crippen molar-refractivity contribution in [2.75, 3.05) is 19.6 Å². The minimum Gasteiger partial charge on any atom is -0.354 e. The third kappa shape index (κ3) is 3.88. The van der Waals surface area contributed by atoms with Crippen molar-refractivity contribution < 1.29 is 9.59 Å². The molecule has 0 saturated carbocycles. The minimum absolute atomic E-state index is 0.0412. The SMILES string of the molecule is O=C(Cn1nc(C(=O)N2CCCC2)c2ccccc21)NCCc1cccs1. The lowest BCUT2D eigenvalue weighted by Crippen LogP contribution is -2.30. The molecule has 3 aromatic rings.